The molecule has 23 heteroatoms. The minimum atomic E-state index is -5.35. The van der Waals surface area contributed by atoms with Crippen molar-refractivity contribution in [3.63, 3.8) is 0 Å². The van der Waals surface area contributed by atoms with E-state index in [4.69, 9.17) is 16.4 Å². The number of amides is 4. The lowest BCUT2D eigenvalue weighted by Gasteiger charge is -2.15. The lowest BCUT2D eigenvalue weighted by Crippen LogP contribution is -2.30. The van der Waals surface area contributed by atoms with Gasteiger partial charge in [-0.2, -0.15) is 39.5 Å². The maximum absolute atomic E-state index is 14.7. The van der Waals surface area contributed by atoms with E-state index in [1.807, 2.05) is 50.8 Å². The molecule has 6 aromatic carbocycles. The first-order valence-corrected chi connectivity index (χ1v) is 27.8. The summed E-state index contributed by atoms with van der Waals surface area (Å²) in [7, 11) is 0. The van der Waals surface area contributed by atoms with Crippen LogP contribution in [0.5, 0.6) is 0 Å². The third-order valence-corrected chi connectivity index (χ3v) is 14.9. The smallest absolute Gasteiger partial charge is 0.354 e. The van der Waals surface area contributed by atoms with Crippen molar-refractivity contribution >= 4 is 92.7 Å². The normalized spacial score (nSPS) is 12.1. The van der Waals surface area contributed by atoms with E-state index in [2.05, 4.69) is 26.2 Å². The number of nitrogens with one attached hydrogen (secondary N) is 6. The van der Waals surface area contributed by atoms with Crippen LogP contribution < -0.4 is 21.3 Å². The van der Waals surface area contributed by atoms with Gasteiger partial charge in [-0.1, -0.05) is 103 Å². The molecule has 0 spiro atoms. The molecule has 6 heterocycles. The number of hydrogen-bond acceptors (Lipinski definition) is 7. The van der Waals surface area contributed by atoms with Gasteiger partial charge in [0.05, 0.1) is 41.0 Å². The summed E-state index contributed by atoms with van der Waals surface area (Å²) in [6.07, 6.45) is -0.976. The van der Waals surface area contributed by atoms with E-state index in [1.54, 1.807) is 79.3 Å². The standard InChI is InChI=1S/C69H43F9N10O4/c1-2-38-22-24-40(25-23-38)58-35-79-37-88(58)36-39-12-11-13-41(34-39)63(89)84-46-18-7-3-14-42(46)59-50-26-28-52(80-50)60(43-15-4-8-19-47(43)85-64(90)67(70,71)72)54-30-32-56(82-54)62(45-17-6-10-21-49(45)87-66(92)69(76,77)78)57-33-31-55(83-57)61(53-29-27-51(59)81-53)44-16-5-9-20-48(44)86-65(91)68(73,74)75/h1,3-35,37,80,83H,36H2,(H,84,89)(H,85,90)(H,86,91)(H,87,92). The van der Waals surface area contributed by atoms with Crippen LogP contribution >= 0.6 is 0 Å². The number of halogens is 9. The number of hydrogen-bond donors (Lipinski definition) is 6. The summed E-state index contributed by atoms with van der Waals surface area (Å²) in [6.45, 7) is 0.322. The molecule has 0 saturated heterocycles. The number of imidazole rings is 1. The summed E-state index contributed by atoms with van der Waals surface area (Å²) in [5.41, 5.74) is 4.42. The Morgan fingerprint density at radius 2 is 0.826 bits per heavy atom. The highest BCUT2D eigenvalue weighted by Crippen LogP contribution is 2.44. The topological polar surface area (TPSA) is 192 Å². The first kappa shape index (κ1) is 60.2. The summed E-state index contributed by atoms with van der Waals surface area (Å²) in [5.74, 6) is -4.84. The maximum Gasteiger partial charge on any atom is 0.471 e. The quantitative estimate of drug-likeness (QED) is 0.0518. The van der Waals surface area contributed by atoms with Gasteiger partial charge in [0, 0.05) is 107 Å². The van der Waals surface area contributed by atoms with Gasteiger partial charge in [-0.05, 0) is 108 Å². The molecule has 0 atom stereocenters. The number of carbonyl (C=O) groups excluding carboxylic acids is 4. The Balaban J connectivity index is 1.11. The van der Waals surface area contributed by atoms with Crippen LogP contribution in [0.1, 0.15) is 44.3 Å². The largest absolute Gasteiger partial charge is 0.471 e. The average Bonchev–Trinajstić information content (AvgIpc) is 1.63. The Morgan fingerprint density at radius 3 is 1.20 bits per heavy atom. The molecule has 2 aliphatic rings. The monoisotopic (exact) mass is 1250 g/mol. The number of anilines is 4. The number of rotatable bonds is 12. The molecule has 6 N–H and O–H groups in total. The molecule has 10 aromatic rings. The van der Waals surface area contributed by atoms with E-state index in [-0.39, 0.29) is 112 Å². The molecule has 0 aliphatic carbocycles. The van der Waals surface area contributed by atoms with Gasteiger partial charge in [0.1, 0.15) is 0 Å². The van der Waals surface area contributed by atoms with E-state index in [0.717, 1.165) is 16.8 Å². The van der Waals surface area contributed by atoms with Gasteiger partial charge >= 0.3 is 36.3 Å². The van der Waals surface area contributed by atoms with Crippen LogP contribution in [0.3, 0.4) is 0 Å². The summed E-state index contributed by atoms with van der Waals surface area (Å²) in [6, 6.07) is 43.9. The van der Waals surface area contributed by atoms with Crippen molar-refractivity contribution in [3.8, 4) is 68.1 Å². The SMILES string of the molecule is C#Cc1ccc(-c2cncn2Cc2cccc(C(=O)Nc3ccccc3-c3c4nc(c(-c5ccccc5NC(=O)C(F)(F)F)c5ccc([nH]5)c(-c5ccccc5NC(=O)C(F)(F)F)c5nc(c(-c6ccccc6NC(=O)C(F)(F)F)c6ccc3[nH]6)C=C5)C=C4)c2)cc1. The lowest BCUT2D eigenvalue weighted by atomic mass is 10.0. The van der Waals surface area contributed by atoms with Crippen LogP contribution in [0.25, 0.3) is 102 Å². The summed E-state index contributed by atoms with van der Waals surface area (Å²) >= 11 is 0. The van der Waals surface area contributed by atoms with E-state index in [9.17, 15) is 58.7 Å². The minimum Gasteiger partial charge on any atom is -0.354 e. The van der Waals surface area contributed by atoms with Gasteiger partial charge in [0.2, 0.25) is 0 Å². The van der Waals surface area contributed by atoms with Crippen molar-refractivity contribution in [3.05, 3.63) is 222 Å². The van der Waals surface area contributed by atoms with Crippen LogP contribution in [0.4, 0.5) is 62.3 Å². The minimum absolute atomic E-state index is 0.00388. The average molecular weight is 1250 g/mol. The van der Waals surface area contributed by atoms with E-state index < -0.39 is 42.2 Å². The van der Waals surface area contributed by atoms with Gasteiger partial charge in [0.15, 0.2) is 0 Å². The van der Waals surface area contributed by atoms with Crippen LogP contribution in [-0.2, 0) is 20.9 Å². The fourth-order valence-electron chi connectivity index (χ4n) is 10.8. The first-order valence-electron chi connectivity index (χ1n) is 27.8. The van der Waals surface area contributed by atoms with Gasteiger partial charge < -0.3 is 35.8 Å². The highest BCUT2D eigenvalue weighted by molar-refractivity contribution is 6.10. The highest BCUT2D eigenvalue weighted by Gasteiger charge is 2.41. The maximum atomic E-state index is 14.7. The molecule has 92 heavy (non-hydrogen) atoms. The molecule has 8 bridgehead atoms. The highest BCUT2D eigenvalue weighted by atomic mass is 19.4. The second kappa shape index (κ2) is 24.1. The number of carbonyl (C=O) groups is 4. The number of fused-ring (bicyclic) bond motifs is 8. The number of aromatic amines is 2. The zero-order chi connectivity index (χ0) is 64.6. The number of H-pyrrole nitrogens is 2. The zero-order valence-electron chi connectivity index (χ0n) is 47.2. The van der Waals surface area contributed by atoms with Crippen molar-refractivity contribution in [2.24, 2.45) is 0 Å². The van der Waals surface area contributed by atoms with Crippen molar-refractivity contribution in [1.82, 2.24) is 29.5 Å². The van der Waals surface area contributed by atoms with E-state index in [0.29, 0.717) is 17.7 Å². The predicted molar refractivity (Wildman–Crippen MR) is 334 cm³/mol. The fourth-order valence-corrected chi connectivity index (χ4v) is 10.8. The Hall–Kier alpha value is -12.1. The molecule has 2 aliphatic heterocycles. The summed E-state index contributed by atoms with van der Waals surface area (Å²) < 4.78 is 128. The molecule has 12 rings (SSSR count). The van der Waals surface area contributed by atoms with Gasteiger partial charge in [-0.25, -0.2) is 15.0 Å². The molecule has 0 saturated carbocycles. The fraction of sp³-hybridized carbons (Fsp3) is 0.0580. The van der Waals surface area contributed by atoms with Crippen LogP contribution in [0.2, 0.25) is 0 Å². The Morgan fingerprint density at radius 1 is 0.457 bits per heavy atom. The second-order valence-corrected chi connectivity index (χ2v) is 20.8. The molecular weight excluding hydrogens is 1200 g/mol. The molecule has 4 aromatic heterocycles. The van der Waals surface area contributed by atoms with E-state index >= 15 is 0 Å². The van der Waals surface area contributed by atoms with Gasteiger partial charge in [-0.15, -0.1) is 6.42 Å². The van der Waals surface area contributed by atoms with Gasteiger partial charge in [0.25, 0.3) is 5.91 Å². The number of terminal acetylenes is 1. The van der Waals surface area contributed by atoms with E-state index in [1.165, 1.54) is 97.1 Å². The Bertz CT molecular complexity index is 4860. The molecule has 14 nitrogen and oxygen atoms in total. The second-order valence-electron chi connectivity index (χ2n) is 20.8. The number of aromatic nitrogens is 6. The van der Waals surface area contributed by atoms with Crippen molar-refractivity contribution in [1.29, 1.82) is 0 Å². The molecule has 0 unspecified atom stereocenters. The summed E-state index contributed by atoms with van der Waals surface area (Å²) in [4.78, 5) is 74.0. The molecule has 4 amide bonds. The predicted octanol–water partition coefficient (Wildman–Crippen LogP) is 16.0. The lowest BCUT2D eigenvalue weighted by molar-refractivity contribution is -0.167. The van der Waals surface area contributed by atoms with Crippen molar-refractivity contribution in [2.45, 2.75) is 25.1 Å². The van der Waals surface area contributed by atoms with Crippen LogP contribution in [0, 0.1) is 12.3 Å². The molecule has 456 valence electrons. The molecular formula is C69H43F9N10O4. The van der Waals surface area contributed by atoms with Crippen molar-refractivity contribution < 1.29 is 58.7 Å². The third-order valence-electron chi connectivity index (χ3n) is 14.9. The molecule has 0 radical (unpaired) electrons. The Labute approximate surface area is 515 Å². The number of alkyl halides is 9. The number of para-hydroxylation sites is 4. The summed E-state index contributed by atoms with van der Waals surface area (Å²) in [5, 5.41) is 8.91. The van der Waals surface area contributed by atoms with Crippen molar-refractivity contribution in [2.75, 3.05) is 21.3 Å². The third kappa shape index (κ3) is 12.3. The van der Waals surface area contributed by atoms with Crippen LogP contribution in [0.15, 0.2) is 182 Å². The Kier molecular flexibility index (Phi) is 15.8. The first-order chi connectivity index (χ1) is 44.1. The van der Waals surface area contributed by atoms with Gasteiger partial charge in [-0.3, -0.25) is 19.2 Å². The zero-order valence-corrected chi connectivity index (χ0v) is 47.2. The number of benzene rings is 6. The molecule has 0 fully saturated rings. The van der Waals surface area contributed by atoms with Crippen LogP contribution in [-0.4, -0.2) is 71.6 Å². The number of nitrogens with zero attached hydrogens (tertiary/aromatic N) is 4.